The maximum atomic E-state index is 13.0. The van der Waals surface area contributed by atoms with Gasteiger partial charge in [-0.05, 0) is 51.2 Å². The monoisotopic (exact) mass is 406 g/mol. The van der Waals surface area contributed by atoms with Crippen molar-refractivity contribution in [2.45, 2.75) is 82.1 Å². The Bertz CT molecular complexity index is 738. The maximum Gasteiger partial charge on any atom is 0.243 e. The Balaban J connectivity index is 1.53. The van der Waals surface area contributed by atoms with Crippen LogP contribution in [-0.2, 0) is 14.8 Å². The van der Waals surface area contributed by atoms with Crippen molar-refractivity contribution in [3.63, 3.8) is 0 Å². The topological polar surface area (TPSA) is 66.5 Å². The number of carbonyl (C=O) groups is 1. The van der Waals surface area contributed by atoms with Gasteiger partial charge in [-0.3, -0.25) is 4.79 Å². The predicted molar refractivity (Wildman–Crippen MR) is 112 cm³/mol. The molecule has 6 heteroatoms. The summed E-state index contributed by atoms with van der Waals surface area (Å²) in [6.45, 7) is 3.07. The molecule has 1 aliphatic carbocycles. The Labute approximate surface area is 169 Å². The van der Waals surface area contributed by atoms with Crippen molar-refractivity contribution < 1.29 is 13.2 Å². The van der Waals surface area contributed by atoms with Crippen LogP contribution in [0.2, 0.25) is 0 Å². The molecule has 1 N–H and O–H groups in total. The summed E-state index contributed by atoms with van der Waals surface area (Å²) in [5.41, 5.74) is 1.05. The molecule has 1 aromatic rings. The molecule has 0 aromatic heterocycles. The third-order valence-corrected chi connectivity index (χ3v) is 8.17. The number of benzene rings is 1. The second-order valence-corrected chi connectivity index (χ2v) is 10.2. The average Bonchev–Trinajstić information content (AvgIpc) is 3.11. The van der Waals surface area contributed by atoms with Crippen molar-refractivity contribution in [1.29, 1.82) is 0 Å². The van der Waals surface area contributed by atoms with Crippen LogP contribution in [0.4, 0.5) is 0 Å². The molecule has 2 fully saturated rings. The van der Waals surface area contributed by atoms with Gasteiger partial charge < -0.3 is 5.32 Å². The first-order valence-electron chi connectivity index (χ1n) is 10.8. The first-order chi connectivity index (χ1) is 13.5. The Morgan fingerprint density at radius 3 is 2.32 bits per heavy atom. The molecule has 0 bridgehead atoms. The molecule has 1 atom stereocenters. The highest BCUT2D eigenvalue weighted by atomic mass is 32.2. The van der Waals surface area contributed by atoms with Crippen molar-refractivity contribution in [2.24, 2.45) is 5.92 Å². The summed E-state index contributed by atoms with van der Waals surface area (Å²) in [6.07, 6.45) is 10.5. The fourth-order valence-corrected chi connectivity index (χ4v) is 6.21. The molecule has 0 radical (unpaired) electrons. The van der Waals surface area contributed by atoms with Crippen LogP contribution in [0.3, 0.4) is 0 Å². The normalized spacial score (nSPS) is 22.5. The molecule has 1 heterocycles. The van der Waals surface area contributed by atoms with Crippen molar-refractivity contribution in [3.8, 4) is 0 Å². The molecule has 1 saturated heterocycles. The number of nitrogens with one attached hydrogen (secondary N) is 1. The number of amides is 1. The van der Waals surface area contributed by atoms with E-state index in [1.54, 1.807) is 16.4 Å². The predicted octanol–water partition coefficient (Wildman–Crippen LogP) is 4.01. The zero-order valence-corrected chi connectivity index (χ0v) is 17.8. The van der Waals surface area contributed by atoms with E-state index in [0.717, 1.165) is 44.1 Å². The summed E-state index contributed by atoms with van der Waals surface area (Å²) >= 11 is 0. The van der Waals surface area contributed by atoms with Gasteiger partial charge >= 0.3 is 0 Å². The highest BCUT2D eigenvalue weighted by Gasteiger charge is 2.35. The summed E-state index contributed by atoms with van der Waals surface area (Å²) in [6, 6.07) is 7.04. The zero-order valence-electron chi connectivity index (χ0n) is 17.0. The van der Waals surface area contributed by atoms with E-state index >= 15 is 0 Å². The summed E-state index contributed by atoms with van der Waals surface area (Å²) in [7, 11) is -3.46. The molecule has 3 rings (SSSR count). The number of aryl methyl sites for hydroxylation is 1. The molecular formula is C22H34N2O3S. The second-order valence-electron chi connectivity index (χ2n) is 8.35. The highest BCUT2D eigenvalue weighted by Crippen LogP contribution is 2.28. The van der Waals surface area contributed by atoms with E-state index in [1.807, 2.05) is 19.1 Å². The largest absolute Gasteiger partial charge is 0.356 e. The average molecular weight is 407 g/mol. The Kier molecular flexibility index (Phi) is 7.52. The molecule has 1 unspecified atom stereocenters. The summed E-state index contributed by atoms with van der Waals surface area (Å²) in [5.74, 6) is 0.295. The summed E-state index contributed by atoms with van der Waals surface area (Å²) in [5, 5.41) is 3.09. The highest BCUT2D eigenvalue weighted by molar-refractivity contribution is 7.89. The van der Waals surface area contributed by atoms with Crippen LogP contribution in [-0.4, -0.2) is 37.8 Å². The Morgan fingerprint density at radius 2 is 1.64 bits per heavy atom. The molecule has 2 aliphatic rings. The lowest BCUT2D eigenvalue weighted by molar-refractivity contribution is -0.125. The van der Waals surface area contributed by atoms with Crippen LogP contribution in [0.5, 0.6) is 0 Å². The standard InChI is InChI=1S/C22H34N2O3S/c1-18-11-13-21(14-12-18)28(26,27)24-17-7-10-20(24)15-16-23-22(25)19-8-5-3-2-4-6-9-19/h11-14,19-20H,2-10,15-17H2,1H3,(H,23,25). The first-order valence-corrected chi connectivity index (χ1v) is 12.3. The second kappa shape index (κ2) is 9.88. The molecule has 1 aromatic carbocycles. The number of nitrogens with zero attached hydrogens (tertiary/aromatic N) is 1. The van der Waals surface area contributed by atoms with Crippen molar-refractivity contribution >= 4 is 15.9 Å². The quantitative estimate of drug-likeness (QED) is 0.776. The van der Waals surface area contributed by atoms with E-state index in [9.17, 15) is 13.2 Å². The van der Waals surface area contributed by atoms with Crippen molar-refractivity contribution in [3.05, 3.63) is 29.8 Å². The van der Waals surface area contributed by atoms with Gasteiger partial charge in [0.15, 0.2) is 0 Å². The summed E-state index contributed by atoms with van der Waals surface area (Å²) in [4.78, 5) is 12.9. The molecular weight excluding hydrogens is 372 g/mol. The van der Waals surface area contributed by atoms with Gasteiger partial charge in [0.2, 0.25) is 15.9 Å². The molecule has 1 aliphatic heterocycles. The maximum absolute atomic E-state index is 13.0. The minimum absolute atomic E-state index is 0.0241. The van der Waals surface area contributed by atoms with E-state index in [0.29, 0.717) is 24.4 Å². The van der Waals surface area contributed by atoms with Gasteiger partial charge in [-0.15, -0.1) is 0 Å². The van der Waals surface area contributed by atoms with Crippen LogP contribution >= 0.6 is 0 Å². The number of carbonyl (C=O) groups excluding carboxylic acids is 1. The molecule has 28 heavy (non-hydrogen) atoms. The van der Waals surface area contributed by atoms with Gasteiger partial charge in [0, 0.05) is 25.0 Å². The lowest BCUT2D eigenvalue weighted by atomic mass is 9.90. The van der Waals surface area contributed by atoms with Gasteiger partial charge in [0.1, 0.15) is 0 Å². The molecule has 0 spiro atoms. The van der Waals surface area contributed by atoms with Gasteiger partial charge in [-0.2, -0.15) is 4.31 Å². The van der Waals surface area contributed by atoms with E-state index in [-0.39, 0.29) is 17.9 Å². The molecule has 5 nitrogen and oxygen atoms in total. The van der Waals surface area contributed by atoms with Crippen molar-refractivity contribution in [2.75, 3.05) is 13.1 Å². The van der Waals surface area contributed by atoms with E-state index < -0.39 is 10.0 Å². The van der Waals surface area contributed by atoms with Gasteiger partial charge in [-0.25, -0.2) is 8.42 Å². The fraction of sp³-hybridized carbons (Fsp3) is 0.682. The number of hydrogen-bond acceptors (Lipinski definition) is 3. The third-order valence-electron chi connectivity index (χ3n) is 6.20. The van der Waals surface area contributed by atoms with Crippen molar-refractivity contribution in [1.82, 2.24) is 9.62 Å². The lowest BCUT2D eigenvalue weighted by Gasteiger charge is -2.25. The van der Waals surface area contributed by atoms with Crippen LogP contribution in [0.15, 0.2) is 29.2 Å². The van der Waals surface area contributed by atoms with E-state index in [4.69, 9.17) is 0 Å². The smallest absolute Gasteiger partial charge is 0.243 e. The van der Waals surface area contributed by atoms with Crippen LogP contribution in [0, 0.1) is 12.8 Å². The van der Waals surface area contributed by atoms with Crippen LogP contribution in [0.25, 0.3) is 0 Å². The minimum atomic E-state index is -3.46. The first kappa shape index (κ1) is 21.3. The van der Waals surface area contributed by atoms with Crippen LogP contribution in [0.1, 0.15) is 69.8 Å². The summed E-state index contributed by atoms with van der Waals surface area (Å²) < 4.78 is 27.7. The van der Waals surface area contributed by atoms with E-state index in [1.165, 1.54) is 19.3 Å². The van der Waals surface area contributed by atoms with Gasteiger partial charge in [-0.1, -0.05) is 49.8 Å². The lowest BCUT2D eigenvalue weighted by Crippen LogP contribution is -2.39. The third kappa shape index (κ3) is 5.35. The van der Waals surface area contributed by atoms with Crippen LogP contribution < -0.4 is 5.32 Å². The Morgan fingerprint density at radius 1 is 1.00 bits per heavy atom. The van der Waals surface area contributed by atoms with Gasteiger partial charge in [0.25, 0.3) is 0 Å². The SMILES string of the molecule is Cc1ccc(S(=O)(=O)N2CCCC2CCNC(=O)C2CCCCCCC2)cc1. The number of rotatable bonds is 6. The number of sulfonamides is 1. The minimum Gasteiger partial charge on any atom is -0.356 e. The molecule has 1 saturated carbocycles. The molecule has 156 valence electrons. The van der Waals surface area contributed by atoms with Gasteiger partial charge in [0.05, 0.1) is 4.90 Å². The van der Waals surface area contributed by atoms with E-state index in [2.05, 4.69) is 5.32 Å². The zero-order chi connectivity index (χ0) is 20.0. The molecule has 1 amide bonds. The number of hydrogen-bond donors (Lipinski definition) is 1. The fourth-order valence-electron chi connectivity index (χ4n) is 4.48. The Hall–Kier alpha value is -1.40.